The van der Waals surface area contributed by atoms with Gasteiger partial charge in [0.05, 0.1) is 22.7 Å². The van der Waals surface area contributed by atoms with E-state index in [4.69, 9.17) is 0 Å². The van der Waals surface area contributed by atoms with E-state index >= 15 is 0 Å². The Morgan fingerprint density at radius 1 is 0.955 bits per heavy atom. The molecule has 22 heavy (non-hydrogen) atoms. The average Bonchev–Trinajstić information content (AvgIpc) is 2.77. The zero-order chi connectivity index (χ0) is 15.7. The van der Waals surface area contributed by atoms with Crippen molar-refractivity contribution in [3.63, 3.8) is 0 Å². The van der Waals surface area contributed by atoms with E-state index in [2.05, 4.69) is 5.32 Å². The van der Waals surface area contributed by atoms with Gasteiger partial charge in [-0.25, -0.2) is 0 Å². The molecule has 0 aromatic heterocycles. The Morgan fingerprint density at radius 3 is 2.09 bits per heavy atom. The van der Waals surface area contributed by atoms with E-state index in [1.54, 1.807) is 36.4 Å². The van der Waals surface area contributed by atoms with Crippen LogP contribution in [0.25, 0.3) is 0 Å². The number of hydrogen-bond donors (Lipinski definition) is 1. The van der Waals surface area contributed by atoms with Gasteiger partial charge in [-0.05, 0) is 18.2 Å². The van der Waals surface area contributed by atoms with Gasteiger partial charge >= 0.3 is 0 Å². The molecule has 7 heteroatoms. The van der Waals surface area contributed by atoms with Gasteiger partial charge in [0.1, 0.15) is 5.69 Å². The lowest BCUT2D eigenvalue weighted by Gasteiger charge is -2.15. The van der Waals surface area contributed by atoms with E-state index < -0.39 is 16.7 Å². The highest BCUT2D eigenvalue weighted by Crippen LogP contribution is 2.25. The number of amides is 2. The van der Waals surface area contributed by atoms with E-state index in [0.29, 0.717) is 11.1 Å². The van der Waals surface area contributed by atoms with Gasteiger partial charge in [0, 0.05) is 6.07 Å². The van der Waals surface area contributed by atoms with Gasteiger partial charge in [0.2, 0.25) is 0 Å². The SMILES string of the molecule is O=C1c2ccccc2C(=O)N1CNc1ccccc1[N+](=O)[O-]. The van der Waals surface area contributed by atoms with Gasteiger partial charge in [0.25, 0.3) is 17.5 Å². The minimum Gasteiger partial charge on any atom is -0.362 e. The molecule has 2 aromatic rings. The lowest BCUT2D eigenvalue weighted by Crippen LogP contribution is -2.34. The van der Waals surface area contributed by atoms with Crippen molar-refractivity contribution in [3.05, 3.63) is 69.8 Å². The molecule has 0 radical (unpaired) electrons. The Bertz CT molecular complexity index is 753. The highest BCUT2D eigenvalue weighted by atomic mass is 16.6. The Labute approximate surface area is 125 Å². The number of benzene rings is 2. The summed E-state index contributed by atoms with van der Waals surface area (Å²) in [6.07, 6.45) is 0. The molecule has 0 atom stereocenters. The number of nitro benzene ring substituents is 1. The van der Waals surface area contributed by atoms with Crippen LogP contribution in [-0.2, 0) is 0 Å². The fraction of sp³-hybridized carbons (Fsp3) is 0.0667. The zero-order valence-corrected chi connectivity index (χ0v) is 11.4. The summed E-state index contributed by atoms with van der Waals surface area (Å²) >= 11 is 0. The van der Waals surface area contributed by atoms with E-state index in [1.807, 2.05) is 0 Å². The van der Waals surface area contributed by atoms with Gasteiger partial charge < -0.3 is 5.32 Å². The van der Waals surface area contributed by atoms with E-state index in [-0.39, 0.29) is 18.0 Å². The van der Waals surface area contributed by atoms with Gasteiger partial charge in [-0.1, -0.05) is 24.3 Å². The molecule has 0 fully saturated rings. The van der Waals surface area contributed by atoms with Crippen LogP contribution in [0.3, 0.4) is 0 Å². The molecule has 1 N–H and O–H groups in total. The number of carbonyl (C=O) groups excluding carboxylic acids is 2. The number of nitrogens with zero attached hydrogens (tertiary/aromatic N) is 2. The topological polar surface area (TPSA) is 92.6 Å². The number of fused-ring (bicyclic) bond motifs is 1. The summed E-state index contributed by atoms with van der Waals surface area (Å²) < 4.78 is 0. The number of rotatable bonds is 4. The van der Waals surface area contributed by atoms with Crippen molar-refractivity contribution in [2.24, 2.45) is 0 Å². The number of nitrogens with one attached hydrogen (secondary N) is 1. The van der Waals surface area contributed by atoms with Gasteiger partial charge in [-0.15, -0.1) is 0 Å². The maximum atomic E-state index is 12.2. The second kappa shape index (κ2) is 5.28. The first-order valence-corrected chi connectivity index (χ1v) is 6.52. The van der Waals surface area contributed by atoms with E-state index in [9.17, 15) is 19.7 Å². The molecule has 110 valence electrons. The van der Waals surface area contributed by atoms with Crippen LogP contribution in [0.1, 0.15) is 20.7 Å². The number of anilines is 1. The van der Waals surface area contributed by atoms with Crippen LogP contribution < -0.4 is 5.32 Å². The summed E-state index contributed by atoms with van der Waals surface area (Å²) in [6, 6.07) is 12.6. The summed E-state index contributed by atoms with van der Waals surface area (Å²) in [7, 11) is 0. The second-order valence-corrected chi connectivity index (χ2v) is 4.69. The molecule has 7 nitrogen and oxygen atoms in total. The first-order valence-electron chi connectivity index (χ1n) is 6.52. The highest BCUT2D eigenvalue weighted by molar-refractivity contribution is 6.21. The first kappa shape index (κ1) is 13.7. The summed E-state index contributed by atoms with van der Waals surface area (Å²) in [4.78, 5) is 35.8. The van der Waals surface area contributed by atoms with Crippen molar-refractivity contribution in [1.29, 1.82) is 0 Å². The highest BCUT2D eigenvalue weighted by Gasteiger charge is 2.35. The Balaban J connectivity index is 1.81. The number of imide groups is 1. The van der Waals surface area contributed by atoms with Crippen LogP contribution in [0.2, 0.25) is 0 Å². The number of hydrogen-bond acceptors (Lipinski definition) is 5. The van der Waals surface area contributed by atoms with Crippen molar-refractivity contribution in [2.45, 2.75) is 0 Å². The summed E-state index contributed by atoms with van der Waals surface area (Å²) in [5.41, 5.74) is 0.830. The van der Waals surface area contributed by atoms with Crippen molar-refractivity contribution >= 4 is 23.2 Å². The van der Waals surface area contributed by atoms with Crippen molar-refractivity contribution in [1.82, 2.24) is 4.90 Å². The number of nitro groups is 1. The normalized spacial score (nSPS) is 13.2. The summed E-state index contributed by atoms with van der Waals surface area (Å²) in [5, 5.41) is 13.7. The fourth-order valence-electron chi connectivity index (χ4n) is 2.33. The number of carbonyl (C=O) groups is 2. The third kappa shape index (κ3) is 2.18. The fourth-order valence-corrected chi connectivity index (χ4v) is 2.33. The van der Waals surface area contributed by atoms with Crippen LogP contribution in [0.5, 0.6) is 0 Å². The van der Waals surface area contributed by atoms with Crippen LogP contribution in [0.15, 0.2) is 48.5 Å². The zero-order valence-electron chi connectivity index (χ0n) is 11.4. The molecular weight excluding hydrogens is 286 g/mol. The molecule has 3 rings (SSSR count). The molecule has 1 aliphatic heterocycles. The molecular formula is C15H11N3O4. The molecule has 0 spiro atoms. The van der Waals surface area contributed by atoms with Crippen LogP contribution in [0.4, 0.5) is 11.4 Å². The second-order valence-electron chi connectivity index (χ2n) is 4.69. The Kier molecular flexibility index (Phi) is 3.30. The molecule has 2 aromatic carbocycles. The first-order chi connectivity index (χ1) is 10.6. The third-order valence-electron chi connectivity index (χ3n) is 3.41. The Hall–Kier alpha value is -3.22. The standard InChI is InChI=1S/C15H11N3O4/c19-14-10-5-1-2-6-11(10)15(20)17(14)9-16-12-7-3-4-8-13(12)18(21)22/h1-8,16H,9H2. The third-order valence-corrected chi connectivity index (χ3v) is 3.41. The lowest BCUT2D eigenvalue weighted by atomic mass is 10.1. The average molecular weight is 297 g/mol. The molecule has 0 bridgehead atoms. The number of para-hydroxylation sites is 2. The molecule has 0 saturated carbocycles. The summed E-state index contributed by atoms with van der Waals surface area (Å²) in [5.74, 6) is -0.821. The van der Waals surface area contributed by atoms with Crippen LogP contribution in [-0.4, -0.2) is 28.3 Å². The van der Waals surface area contributed by atoms with E-state index in [1.165, 1.54) is 12.1 Å². The molecule has 0 unspecified atom stereocenters. The molecule has 0 aliphatic carbocycles. The van der Waals surface area contributed by atoms with Gasteiger partial charge in [-0.3, -0.25) is 24.6 Å². The van der Waals surface area contributed by atoms with Crippen LogP contribution >= 0.6 is 0 Å². The van der Waals surface area contributed by atoms with Crippen LogP contribution in [0, 0.1) is 10.1 Å². The summed E-state index contributed by atoms with van der Waals surface area (Å²) in [6.45, 7) is -0.128. The Morgan fingerprint density at radius 2 is 1.50 bits per heavy atom. The minimum absolute atomic E-state index is 0.112. The monoisotopic (exact) mass is 297 g/mol. The molecule has 0 saturated heterocycles. The van der Waals surface area contributed by atoms with Crippen molar-refractivity contribution in [2.75, 3.05) is 12.0 Å². The quantitative estimate of drug-likeness (QED) is 0.531. The van der Waals surface area contributed by atoms with E-state index in [0.717, 1.165) is 4.90 Å². The van der Waals surface area contributed by atoms with Gasteiger partial charge in [-0.2, -0.15) is 0 Å². The predicted molar refractivity (Wildman–Crippen MR) is 78.5 cm³/mol. The largest absolute Gasteiger partial charge is 0.362 e. The van der Waals surface area contributed by atoms with Gasteiger partial charge in [0.15, 0.2) is 0 Å². The smallest absolute Gasteiger partial charge is 0.292 e. The maximum absolute atomic E-state index is 12.2. The molecule has 1 aliphatic rings. The molecule has 2 amide bonds. The van der Waals surface area contributed by atoms with Crippen molar-refractivity contribution in [3.8, 4) is 0 Å². The minimum atomic E-state index is -0.523. The molecule has 1 heterocycles. The maximum Gasteiger partial charge on any atom is 0.292 e. The lowest BCUT2D eigenvalue weighted by molar-refractivity contribution is -0.384. The predicted octanol–water partition coefficient (Wildman–Crippen LogP) is 2.26. The van der Waals surface area contributed by atoms with Crippen molar-refractivity contribution < 1.29 is 14.5 Å².